The largest absolute Gasteiger partial charge is 0.346 e. The maximum atomic E-state index is 11.6. The van der Waals surface area contributed by atoms with Crippen LogP contribution in [0.3, 0.4) is 0 Å². The molecule has 3 nitrogen and oxygen atoms in total. The van der Waals surface area contributed by atoms with E-state index >= 15 is 0 Å². The number of nitrogens with zero attached hydrogens (tertiary/aromatic N) is 2. The number of amidine groups is 1. The van der Waals surface area contributed by atoms with Crippen LogP contribution in [-0.4, -0.2) is 33.7 Å². The molecule has 1 N–H and O–H groups in total. The first-order chi connectivity index (χ1) is 12.0. The fourth-order valence-electron chi connectivity index (χ4n) is 3.47. The molecule has 2 heterocycles. The second-order valence-electron chi connectivity index (χ2n) is 6.50. The van der Waals surface area contributed by atoms with E-state index in [1.165, 1.54) is 5.56 Å². The number of benzene rings is 2. The first kappa shape index (κ1) is 17.2. The highest BCUT2D eigenvalue weighted by Gasteiger charge is 2.54. The molecule has 0 aliphatic carbocycles. The lowest BCUT2D eigenvalue weighted by molar-refractivity contribution is -0.656. The summed E-state index contributed by atoms with van der Waals surface area (Å²) in [6.07, 6.45) is 1.03. The normalized spacial score (nSPS) is 23.1. The molecule has 0 spiro atoms. The SMILES string of the molecule is Cc1ccc(N2C[C@](O)(c3ccc(Cl)cc3Cl)[N+]3=C2SCCC3)cc1. The maximum Gasteiger partial charge on any atom is 0.316 e. The number of halogens is 2. The van der Waals surface area contributed by atoms with Crippen LogP contribution in [0.25, 0.3) is 0 Å². The molecule has 130 valence electrons. The van der Waals surface area contributed by atoms with E-state index in [1.54, 1.807) is 23.9 Å². The van der Waals surface area contributed by atoms with Crippen LogP contribution in [0.2, 0.25) is 10.0 Å². The topological polar surface area (TPSA) is 26.5 Å². The number of β-amino-alcohol motifs (C(OH)–C–C–N with tert-alkyl or cyclic N) is 1. The Balaban J connectivity index is 1.82. The molecule has 4 rings (SSSR count). The predicted octanol–water partition coefficient (Wildman–Crippen LogP) is 4.47. The summed E-state index contributed by atoms with van der Waals surface area (Å²) in [7, 11) is 0. The third-order valence-corrected chi connectivity index (χ3v) is 6.49. The Morgan fingerprint density at radius 3 is 2.64 bits per heavy atom. The van der Waals surface area contributed by atoms with E-state index in [9.17, 15) is 5.11 Å². The molecule has 2 aromatic carbocycles. The summed E-state index contributed by atoms with van der Waals surface area (Å²) < 4.78 is 2.08. The lowest BCUT2D eigenvalue weighted by Gasteiger charge is -2.25. The summed E-state index contributed by atoms with van der Waals surface area (Å²) in [5.41, 5.74) is 1.85. The zero-order chi connectivity index (χ0) is 17.6. The minimum absolute atomic E-state index is 0.444. The lowest BCUT2D eigenvalue weighted by Crippen LogP contribution is -2.41. The lowest BCUT2D eigenvalue weighted by atomic mass is 10.0. The van der Waals surface area contributed by atoms with E-state index < -0.39 is 5.72 Å². The first-order valence-electron chi connectivity index (χ1n) is 8.28. The molecule has 2 aromatic rings. The molecule has 0 saturated heterocycles. The highest BCUT2D eigenvalue weighted by molar-refractivity contribution is 8.13. The standard InChI is InChI=1S/C19H19Cl2N2OS/c1-13-3-6-15(7-4-13)22-12-19(24,23-9-2-10-25-18(22)23)16-8-5-14(20)11-17(16)21/h3-8,11,24H,2,9-10,12H2,1H3/q+1/t19-/m0/s1. The molecule has 0 amide bonds. The molecule has 25 heavy (non-hydrogen) atoms. The van der Waals surface area contributed by atoms with Gasteiger partial charge in [-0.3, -0.25) is 0 Å². The van der Waals surface area contributed by atoms with E-state index in [1.807, 2.05) is 6.07 Å². The van der Waals surface area contributed by atoms with Gasteiger partial charge in [0.05, 0.1) is 17.1 Å². The van der Waals surface area contributed by atoms with Gasteiger partial charge >= 0.3 is 5.17 Å². The summed E-state index contributed by atoms with van der Waals surface area (Å²) in [4.78, 5) is 2.19. The van der Waals surface area contributed by atoms with Crippen LogP contribution in [-0.2, 0) is 5.72 Å². The van der Waals surface area contributed by atoms with Crippen molar-refractivity contribution in [2.24, 2.45) is 0 Å². The molecule has 0 aromatic heterocycles. The van der Waals surface area contributed by atoms with Crippen molar-refractivity contribution >= 4 is 45.8 Å². The van der Waals surface area contributed by atoms with Crippen molar-refractivity contribution in [3.63, 3.8) is 0 Å². The molecular formula is C19H19Cl2N2OS+. The summed E-state index contributed by atoms with van der Waals surface area (Å²) in [6.45, 7) is 3.33. The van der Waals surface area contributed by atoms with Crippen LogP contribution in [0.5, 0.6) is 0 Å². The Bertz CT molecular complexity index is 853. The van der Waals surface area contributed by atoms with Gasteiger partial charge in [0.2, 0.25) is 0 Å². The fraction of sp³-hybridized carbons (Fsp3) is 0.316. The van der Waals surface area contributed by atoms with Crippen molar-refractivity contribution < 1.29 is 9.68 Å². The molecule has 0 bridgehead atoms. The Hall–Kier alpha value is -1.20. The third kappa shape index (κ3) is 2.95. The second-order valence-corrected chi connectivity index (χ2v) is 8.40. The Morgan fingerprint density at radius 2 is 1.92 bits per heavy atom. The molecule has 2 aliphatic rings. The van der Waals surface area contributed by atoms with E-state index in [0.717, 1.165) is 29.6 Å². The van der Waals surface area contributed by atoms with Gasteiger partial charge < -0.3 is 5.11 Å². The molecule has 0 unspecified atom stereocenters. The van der Waals surface area contributed by atoms with E-state index in [4.69, 9.17) is 23.2 Å². The first-order valence-corrected chi connectivity index (χ1v) is 10.0. The zero-order valence-electron chi connectivity index (χ0n) is 13.9. The van der Waals surface area contributed by atoms with Crippen molar-refractivity contribution in [2.75, 3.05) is 23.7 Å². The van der Waals surface area contributed by atoms with Gasteiger partial charge in [-0.25, -0.2) is 9.48 Å². The highest BCUT2D eigenvalue weighted by Crippen LogP contribution is 2.40. The minimum atomic E-state index is -1.16. The van der Waals surface area contributed by atoms with Crippen molar-refractivity contribution in [3.05, 3.63) is 63.6 Å². The smallest absolute Gasteiger partial charge is 0.316 e. The van der Waals surface area contributed by atoms with E-state index in [-0.39, 0.29) is 0 Å². The van der Waals surface area contributed by atoms with Crippen molar-refractivity contribution in [3.8, 4) is 0 Å². The van der Waals surface area contributed by atoms with Crippen LogP contribution in [0, 0.1) is 6.92 Å². The van der Waals surface area contributed by atoms with Gasteiger partial charge in [0.15, 0.2) is 6.54 Å². The third-order valence-electron chi connectivity index (χ3n) is 4.75. The molecular weight excluding hydrogens is 375 g/mol. The van der Waals surface area contributed by atoms with Crippen LogP contribution in [0.4, 0.5) is 5.69 Å². The molecule has 1 atom stereocenters. The van der Waals surface area contributed by atoms with Crippen molar-refractivity contribution in [1.29, 1.82) is 0 Å². The van der Waals surface area contributed by atoms with Gasteiger partial charge in [0, 0.05) is 10.8 Å². The average molecular weight is 394 g/mol. The Labute approximate surface area is 161 Å². The van der Waals surface area contributed by atoms with Crippen LogP contribution >= 0.6 is 35.0 Å². The summed E-state index contributed by atoms with van der Waals surface area (Å²) in [6, 6.07) is 13.7. The van der Waals surface area contributed by atoms with Gasteiger partial charge in [-0.1, -0.05) is 40.9 Å². The van der Waals surface area contributed by atoms with Gasteiger partial charge in [-0.2, -0.15) is 0 Å². The van der Waals surface area contributed by atoms with E-state index in [0.29, 0.717) is 22.2 Å². The number of aryl methyl sites for hydroxylation is 1. The van der Waals surface area contributed by atoms with Crippen molar-refractivity contribution in [1.82, 2.24) is 0 Å². The summed E-state index contributed by atoms with van der Waals surface area (Å²) in [5.74, 6) is 1.05. The predicted molar refractivity (Wildman–Crippen MR) is 106 cm³/mol. The Morgan fingerprint density at radius 1 is 1.16 bits per heavy atom. The zero-order valence-corrected chi connectivity index (χ0v) is 16.2. The van der Waals surface area contributed by atoms with Gasteiger partial charge in [-0.15, -0.1) is 0 Å². The molecule has 0 fully saturated rings. The quantitative estimate of drug-likeness (QED) is 0.762. The van der Waals surface area contributed by atoms with Crippen LogP contribution in [0.1, 0.15) is 17.5 Å². The molecule has 0 saturated carbocycles. The number of thioether (sulfide) groups is 1. The number of hydrogen-bond donors (Lipinski definition) is 1. The number of aliphatic hydroxyl groups is 1. The average Bonchev–Trinajstić information content (AvgIpc) is 2.90. The fourth-order valence-corrected chi connectivity index (χ4v) is 5.21. The van der Waals surface area contributed by atoms with Crippen LogP contribution < -0.4 is 4.90 Å². The number of rotatable bonds is 2. The van der Waals surface area contributed by atoms with Gasteiger partial charge in [0.1, 0.15) is 5.69 Å². The number of anilines is 1. The summed E-state index contributed by atoms with van der Waals surface area (Å²) >= 11 is 14.3. The Kier molecular flexibility index (Phi) is 4.49. The maximum absolute atomic E-state index is 11.6. The molecule has 6 heteroatoms. The van der Waals surface area contributed by atoms with Gasteiger partial charge in [0.25, 0.3) is 5.72 Å². The van der Waals surface area contributed by atoms with Crippen molar-refractivity contribution in [2.45, 2.75) is 19.1 Å². The van der Waals surface area contributed by atoms with Crippen LogP contribution in [0.15, 0.2) is 42.5 Å². The minimum Gasteiger partial charge on any atom is -0.346 e. The number of hydrogen-bond acceptors (Lipinski definition) is 3. The second kappa shape index (κ2) is 6.51. The monoisotopic (exact) mass is 393 g/mol. The van der Waals surface area contributed by atoms with Gasteiger partial charge in [-0.05, 0) is 55.4 Å². The summed E-state index contributed by atoms with van der Waals surface area (Å²) in [5, 5.41) is 13.8. The van der Waals surface area contributed by atoms with E-state index in [2.05, 4.69) is 40.7 Å². The molecule has 2 aliphatic heterocycles. The highest BCUT2D eigenvalue weighted by atomic mass is 35.5. The molecule has 0 radical (unpaired) electrons.